The van der Waals surface area contributed by atoms with Gasteiger partial charge in [0.25, 0.3) is 0 Å². The second-order valence-corrected chi connectivity index (χ2v) is 7.37. The van der Waals surface area contributed by atoms with Crippen molar-refractivity contribution in [3.8, 4) is 17.6 Å². The molecule has 172 valence electrons. The topological polar surface area (TPSA) is 113 Å². The van der Waals surface area contributed by atoms with Gasteiger partial charge in [-0.1, -0.05) is 42.0 Å². The van der Waals surface area contributed by atoms with Crippen LogP contribution in [0.1, 0.15) is 22.3 Å². The number of carbonyl (C=O) groups excluding carboxylic acids is 2. The van der Waals surface area contributed by atoms with Crippen LogP contribution in [0.2, 0.25) is 0 Å². The first-order valence-corrected chi connectivity index (χ1v) is 10.4. The third-order valence-corrected chi connectivity index (χ3v) is 4.78. The van der Waals surface area contributed by atoms with Crippen molar-refractivity contribution in [2.45, 2.75) is 20.0 Å². The molecule has 0 fully saturated rings. The summed E-state index contributed by atoms with van der Waals surface area (Å²) in [5.74, 6) is -0.686. The summed E-state index contributed by atoms with van der Waals surface area (Å²) in [4.78, 5) is 24.0. The molecule has 0 spiro atoms. The summed E-state index contributed by atoms with van der Waals surface area (Å²) < 4.78 is 11.2. The predicted octanol–water partition coefficient (Wildman–Crippen LogP) is 3.74. The third-order valence-electron chi connectivity index (χ3n) is 4.78. The third kappa shape index (κ3) is 6.93. The van der Waals surface area contributed by atoms with Gasteiger partial charge in [0.1, 0.15) is 6.61 Å². The largest absolute Gasteiger partial charge is 0.493 e. The van der Waals surface area contributed by atoms with Crippen LogP contribution >= 0.6 is 0 Å². The van der Waals surface area contributed by atoms with Gasteiger partial charge >= 0.3 is 11.8 Å². The Morgan fingerprint density at radius 2 is 1.68 bits per heavy atom. The lowest BCUT2D eigenvalue weighted by Gasteiger charge is -2.11. The van der Waals surface area contributed by atoms with Crippen molar-refractivity contribution < 1.29 is 19.1 Å². The van der Waals surface area contributed by atoms with Crippen molar-refractivity contribution in [1.29, 1.82) is 5.26 Å². The average Bonchev–Trinajstić information content (AvgIpc) is 2.85. The molecule has 3 rings (SSSR count). The highest BCUT2D eigenvalue weighted by Crippen LogP contribution is 2.28. The molecule has 3 aromatic rings. The van der Waals surface area contributed by atoms with E-state index in [0.717, 1.165) is 11.1 Å². The highest BCUT2D eigenvalue weighted by Gasteiger charge is 2.13. The predicted molar refractivity (Wildman–Crippen MR) is 129 cm³/mol. The van der Waals surface area contributed by atoms with E-state index in [-0.39, 0.29) is 6.42 Å². The minimum atomic E-state index is -0.914. The molecule has 0 atom stereocenters. The standard InChI is InChI=1S/C26H24N4O4/c1-18-3-5-20(6-4-18)17-34-23-12-9-21(15-24(23)33-2)16-28-30-26(32)25(31)29-22-10-7-19(8-11-22)13-14-27/h3-12,15-16H,13,17H2,1-2H3,(H,29,31)(H,30,32)/b28-16+. The normalized spacial score (nSPS) is 10.4. The number of anilines is 1. The van der Waals surface area contributed by atoms with Gasteiger partial charge in [0, 0.05) is 5.69 Å². The summed E-state index contributed by atoms with van der Waals surface area (Å²) in [5, 5.41) is 15.0. The molecule has 0 saturated heterocycles. The number of aryl methyl sites for hydroxylation is 1. The lowest BCUT2D eigenvalue weighted by molar-refractivity contribution is -0.136. The Kier molecular flexibility index (Phi) is 8.36. The van der Waals surface area contributed by atoms with Crippen LogP contribution in [0.15, 0.2) is 71.8 Å². The summed E-state index contributed by atoms with van der Waals surface area (Å²) in [6, 6.07) is 22.0. The number of benzene rings is 3. The summed E-state index contributed by atoms with van der Waals surface area (Å²) in [6.45, 7) is 2.43. The van der Waals surface area contributed by atoms with Gasteiger partial charge in [0.15, 0.2) is 11.5 Å². The smallest absolute Gasteiger partial charge is 0.329 e. The van der Waals surface area contributed by atoms with Crippen LogP contribution < -0.4 is 20.2 Å². The van der Waals surface area contributed by atoms with Crippen molar-refractivity contribution in [2.75, 3.05) is 12.4 Å². The van der Waals surface area contributed by atoms with Crippen LogP contribution in [-0.2, 0) is 22.6 Å². The number of rotatable bonds is 8. The second kappa shape index (κ2) is 11.8. The number of nitrogens with one attached hydrogen (secondary N) is 2. The maximum atomic E-state index is 12.0. The number of nitriles is 1. The number of ether oxygens (including phenoxy) is 2. The van der Waals surface area contributed by atoms with Crippen molar-refractivity contribution in [3.05, 3.63) is 89.0 Å². The van der Waals surface area contributed by atoms with Crippen molar-refractivity contribution >= 4 is 23.7 Å². The molecule has 8 nitrogen and oxygen atoms in total. The van der Waals surface area contributed by atoms with E-state index in [1.54, 1.807) is 42.5 Å². The van der Waals surface area contributed by atoms with E-state index < -0.39 is 11.8 Å². The van der Waals surface area contributed by atoms with E-state index in [9.17, 15) is 9.59 Å². The molecule has 0 radical (unpaired) electrons. The second-order valence-electron chi connectivity index (χ2n) is 7.37. The number of carbonyl (C=O) groups is 2. The van der Waals surface area contributed by atoms with Gasteiger partial charge in [-0.2, -0.15) is 10.4 Å². The summed E-state index contributed by atoms with van der Waals surface area (Å²) >= 11 is 0. The van der Waals surface area contributed by atoms with Crippen molar-refractivity contribution in [3.63, 3.8) is 0 Å². The van der Waals surface area contributed by atoms with Crippen LogP contribution in [0.5, 0.6) is 11.5 Å². The Balaban J connectivity index is 1.53. The molecule has 2 amide bonds. The molecule has 0 heterocycles. The van der Waals surface area contributed by atoms with E-state index in [0.29, 0.717) is 29.4 Å². The number of methoxy groups -OCH3 is 1. The SMILES string of the molecule is COc1cc(/C=N/NC(=O)C(=O)Nc2ccc(CC#N)cc2)ccc1OCc1ccc(C)cc1. The molecular weight excluding hydrogens is 432 g/mol. The van der Waals surface area contributed by atoms with Gasteiger partial charge in [0.2, 0.25) is 0 Å². The van der Waals surface area contributed by atoms with Gasteiger partial charge in [-0.05, 0) is 53.9 Å². The zero-order valence-corrected chi connectivity index (χ0v) is 18.9. The summed E-state index contributed by atoms with van der Waals surface area (Å²) in [6.07, 6.45) is 1.67. The first-order chi connectivity index (χ1) is 16.5. The molecule has 0 aliphatic rings. The average molecular weight is 457 g/mol. The molecule has 2 N–H and O–H groups in total. The molecule has 0 saturated carbocycles. The Morgan fingerprint density at radius 1 is 0.971 bits per heavy atom. The highest BCUT2D eigenvalue weighted by molar-refractivity contribution is 6.39. The maximum Gasteiger partial charge on any atom is 0.329 e. The zero-order chi connectivity index (χ0) is 24.3. The van der Waals surface area contributed by atoms with Crippen molar-refractivity contribution in [2.24, 2.45) is 5.10 Å². The summed E-state index contributed by atoms with van der Waals surface area (Å²) in [5.41, 5.74) is 6.31. The fraction of sp³-hybridized carbons (Fsp3) is 0.154. The van der Waals surface area contributed by atoms with E-state index in [1.165, 1.54) is 18.9 Å². The highest BCUT2D eigenvalue weighted by atomic mass is 16.5. The molecule has 34 heavy (non-hydrogen) atoms. The Labute approximate surface area is 197 Å². The quantitative estimate of drug-likeness (QED) is 0.305. The Bertz CT molecular complexity index is 1210. The van der Waals surface area contributed by atoms with Gasteiger partial charge in [-0.3, -0.25) is 9.59 Å². The number of hydrogen-bond donors (Lipinski definition) is 2. The molecule has 0 unspecified atom stereocenters. The monoisotopic (exact) mass is 456 g/mol. The van der Waals surface area contributed by atoms with Crippen LogP contribution in [0.4, 0.5) is 5.69 Å². The van der Waals surface area contributed by atoms with E-state index in [2.05, 4.69) is 15.8 Å². The fourth-order valence-electron chi connectivity index (χ4n) is 2.93. The van der Waals surface area contributed by atoms with Crippen LogP contribution in [0.25, 0.3) is 0 Å². The number of amides is 2. The van der Waals surface area contributed by atoms with Crippen molar-refractivity contribution in [1.82, 2.24) is 5.43 Å². The fourth-order valence-corrected chi connectivity index (χ4v) is 2.93. The minimum Gasteiger partial charge on any atom is -0.493 e. The molecule has 0 aromatic heterocycles. The van der Waals surface area contributed by atoms with Gasteiger partial charge < -0.3 is 14.8 Å². The first kappa shape index (κ1) is 24.0. The minimum absolute atomic E-state index is 0.272. The lowest BCUT2D eigenvalue weighted by Crippen LogP contribution is -2.32. The Morgan fingerprint density at radius 3 is 2.35 bits per heavy atom. The lowest BCUT2D eigenvalue weighted by atomic mass is 10.1. The molecule has 0 bridgehead atoms. The first-order valence-electron chi connectivity index (χ1n) is 10.4. The number of hydrogen-bond acceptors (Lipinski definition) is 6. The Hall–Kier alpha value is -4.64. The van der Waals surface area contributed by atoms with Crippen LogP contribution in [-0.4, -0.2) is 25.1 Å². The maximum absolute atomic E-state index is 12.0. The molecule has 0 aliphatic carbocycles. The zero-order valence-electron chi connectivity index (χ0n) is 18.9. The summed E-state index contributed by atoms with van der Waals surface area (Å²) in [7, 11) is 1.54. The van der Waals surface area contributed by atoms with E-state index >= 15 is 0 Å². The van der Waals surface area contributed by atoms with Crippen LogP contribution in [0.3, 0.4) is 0 Å². The number of hydrazone groups is 1. The molecule has 0 aliphatic heterocycles. The van der Waals surface area contributed by atoms with Gasteiger partial charge in [-0.25, -0.2) is 5.43 Å². The van der Waals surface area contributed by atoms with E-state index in [1.807, 2.05) is 37.3 Å². The molecule has 8 heteroatoms. The molecule has 3 aromatic carbocycles. The van der Waals surface area contributed by atoms with Crippen LogP contribution in [0, 0.1) is 18.3 Å². The molecular formula is C26H24N4O4. The van der Waals surface area contributed by atoms with E-state index in [4.69, 9.17) is 14.7 Å². The van der Waals surface area contributed by atoms with Gasteiger partial charge in [0.05, 0.1) is 25.8 Å². The number of nitrogens with zero attached hydrogens (tertiary/aromatic N) is 2. The van der Waals surface area contributed by atoms with Gasteiger partial charge in [-0.15, -0.1) is 0 Å².